The Morgan fingerprint density at radius 1 is 0.817 bits per heavy atom. The summed E-state index contributed by atoms with van der Waals surface area (Å²) < 4.78 is 44.3. The second kappa shape index (κ2) is 26.4. The third-order valence-electron chi connectivity index (χ3n) is 15.4. The molecule has 436 valence electrons. The molecule has 2 saturated heterocycles. The Bertz CT molecular complexity index is 3200. The lowest BCUT2D eigenvalue weighted by atomic mass is 9.68. The number of carbonyl (C=O) groups excluding carboxylic acids is 8. The van der Waals surface area contributed by atoms with Crippen molar-refractivity contribution in [2.45, 2.75) is 77.0 Å². The summed E-state index contributed by atoms with van der Waals surface area (Å²) in [6.45, 7) is 4.98. The summed E-state index contributed by atoms with van der Waals surface area (Å²) in [5, 5.41) is 24.9. The van der Waals surface area contributed by atoms with Crippen molar-refractivity contribution in [2.75, 3.05) is 85.6 Å². The highest BCUT2D eigenvalue weighted by molar-refractivity contribution is 6.12. The number of nitrogens with one attached hydrogen (secondary N) is 5. The van der Waals surface area contributed by atoms with Crippen LogP contribution in [0.1, 0.15) is 59.6 Å². The van der Waals surface area contributed by atoms with Crippen LogP contribution in [0.5, 0.6) is 0 Å². The predicted octanol–water partition coefficient (Wildman–Crippen LogP) is -0.121. The number of amides is 7. The topological polar surface area (TPSA) is 304 Å². The number of hydrogen-bond acceptors (Lipinski definition) is 17. The van der Waals surface area contributed by atoms with Crippen molar-refractivity contribution in [1.82, 2.24) is 45.9 Å². The van der Waals surface area contributed by atoms with Gasteiger partial charge in [0.2, 0.25) is 29.5 Å². The number of hydrogen-bond donors (Lipinski definition) is 6. The van der Waals surface area contributed by atoms with Crippen molar-refractivity contribution in [1.29, 1.82) is 0 Å². The van der Waals surface area contributed by atoms with Gasteiger partial charge in [0.15, 0.2) is 5.60 Å². The second-order valence-electron chi connectivity index (χ2n) is 20.8. The summed E-state index contributed by atoms with van der Waals surface area (Å²) in [6.07, 6.45) is 3.23. The molecule has 4 aromatic rings. The lowest BCUT2D eigenvalue weighted by Crippen LogP contribution is -2.59. The molecule has 2 unspecified atom stereocenters. The number of rotatable bonds is 28. The first-order valence-electron chi connectivity index (χ1n) is 27.3. The standard InChI is InChI=1S/C57H66FN9O15/c1-3-57(77)41-22-45-52-39(30-67(45)55(75)40(41)31-81-56(57)76)38(37-19-33(2)42(58)23-43(37)64-52)29-65-27-35-21-36(28-65)53(35)82-32-62-48(70)25-61-54(74)44(20-34-7-5-4-6-8-34)63-49(71)26-60-47(69)24-59-46(68)11-13-78-15-17-80-18-16-79-14-12-66-50(72)9-10-51(66)73/h4-10,19,22-23,35-36,44,53,77H,3,11-18,20-21,24-32H2,1-2H3,(H,59,68)(H,60,69)(H,61,74)(H,62,70)(H,63,71)/t35?,36?,44-,53?,57-/m0/s1. The maximum absolute atomic E-state index is 15.1. The molecular weight excluding hydrogens is 1070 g/mol. The summed E-state index contributed by atoms with van der Waals surface area (Å²) in [5.74, 6) is -4.66. The summed E-state index contributed by atoms with van der Waals surface area (Å²) in [7, 11) is 0. The molecule has 82 heavy (non-hydrogen) atoms. The smallest absolute Gasteiger partial charge is 0.343 e. The Balaban J connectivity index is 0.683. The molecule has 7 heterocycles. The van der Waals surface area contributed by atoms with Crippen molar-refractivity contribution in [2.24, 2.45) is 11.8 Å². The van der Waals surface area contributed by atoms with Crippen LogP contribution in [0.25, 0.3) is 22.3 Å². The highest BCUT2D eigenvalue weighted by Crippen LogP contribution is 2.45. The normalized spacial score (nSPS) is 19.9. The Morgan fingerprint density at radius 2 is 1.48 bits per heavy atom. The molecule has 4 atom stereocenters. The van der Waals surface area contributed by atoms with Gasteiger partial charge >= 0.3 is 5.97 Å². The van der Waals surface area contributed by atoms with Crippen molar-refractivity contribution in [3.05, 3.63) is 110 Å². The monoisotopic (exact) mass is 1140 g/mol. The number of carbonyl (C=O) groups is 8. The minimum atomic E-state index is -1.99. The van der Waals surface area contributed by atoms with E-state index in [1.54, 1.807) is 60.9 Å². The van der Waals surface area contributed by atoms with Crippen LogP contribution in [0, 0.1) is 24.6 Å². The average Bonchev–Trinajstić information content (AvgIpc) is 2.15. The molecule has 6 N–H and O–H groups in total. The Morgan fingerprint density at radius 3 is 2.20 bits per heavy atom. The van der Waals surface area contributed by atoms with Gasteiger partial charge in [-0.2, -0.15) is 0 Å². The highest BCUT2D eigenvalue weighted by Gasteiger charge is 2.48. The molecule has 5 aliphatic heterocycles. The van der Waals surface area contributed by atoms with E-state index in [1.807, 2.05) is 0 Å². The summed E-state index contributed by atoms with van der Waals surface area (Å²) in [6, 6.07) is 12.6. The van der Waals surface area contributed by atoms with E-state index in [-0.39, 0.29) is 132 Å². The van der Waals surface area contributed by atoms with Crippen LogP contribution in [-0.4, -0.2) is 170 Å². The number of ether oxygens (including phenoxy) is 5. The van der Waals surface area contributed by atoms with Crippen LogP contribution in [0.15, 0.2) is 65.5 Å². The van der Waals surface area contributed by atoms with Gasteiger partial charge in [0, 0.05) is 67.2 Å². The zero-order chi connectivity index (χ0) is 58.1. The van der Waals surface area contributed by atoms with E-state index in [2.05, 4.69) is 31.5 Å². The average molecular weight is 1140 g/mol. The molecule has 7 amide bonds. The first-order valence-corrected chi connectivity index (χ1v) is 27.3. The fourth-order valence-corrected chi connectivity index (χ4v) is 10.9. The van der Waals surface area contributed by atoms with E-state index in [4.69, 9.17) is 28.7 Å². The fraction of sp³-hybridized carbons (Fsp3) is 0.474. The van der Waals surface area contributed by atoms with E-state index in [0.717, 1.165) is 33.4 Å². The van der Waals surface area contributed by atoms with Crippen LogP contribution in [0.2, 0.25) is 0 Å². The number of esters is 1. The van der Waals surface area contributed by atoms with Crippen LogP contribution < -0.4 is 32.1 Å². The molecule has 0 spiro atoms. The van der Waals surface area contributed by atoms with Crippen molar-refractivity contribution in [3.63, 3.8) is 0 Å². The number of piperidine rings is 2. The number of benzene rings is 2. The van der Waals surface area contributed by atoms with Gasteiger partial charge in [0.05, 0.1) is 101 Å². The minimum absolute atomic E-state index is 0.00116. The SMILES string of the molecule is CC[C@@]1(O)C(=O)OCc2c1cc1n(c2=O)Cc2c-1nc1cc(F)c(C)cc1c2CN1CC2CC(C1)C2OCNC(=O)CNC(=O)[C@H](Cc1ccccc1)NC(=O)CNC(=O)CNC(=O)CCOCCOCCOCCN1C(=O)C=CC1=O. The van der Waals surface area contributed by atoms with Crippen LogP contribution in [0.4, 0.5) is 4.39 Å². The van der Waals surface area contributed by atoms with Crippen LogP contribution in [0.3, 0.4) is 0 Å². The van der Waals surface area contributed by atoms with Gasteiger partial charge in [-0.1, -0.05) is 37.3 Å². The number of cyclic esters (lactones) is 1. The van der Waals surface area contributed by atoms with Crippen LogP contribution >= 0.6 is 0 Å². The van der Waals surface area contributed by atoms with E-state index in [0.29, 0.717) is 42.1 Å². The van der Waals surface area contributed by atoms with Gasteiger partial charge in [-0.25, -0.2) is 14.2 Å². The number of aliphatic hydroxyl groups is 1. The molecule has 0 radical (unpaired) electrons. The highest BCUT2D eigenvalue weighted by atomic mass is 19.1. The van der Waals surface area contributed by atoms with Crippen molar-refractivity contribution < 1.29 is 71.5 Å². The number of aryl methyl sites for hydroxylation is 1. The lowest BCUT2D eigenvalue weighted by Gasteiger charge is -2.53. The van der Waals surface area contributed by atoms with Gasteiger partial charge in [-0.15, -0.1) is 0 Å². The third-order valence-corrected chi connectivity index (χ3v) is 15.4. The van der Waals surface area contributed by atoms with Gasteiger partial charge in [0.25, 0.3) is 17.4 Å². The molecule has 24 nitrogen and oxygen atoms in total. The quantitative estimate of drug-likeness (QED) is 0.0165. The molecule has 6 aliphatic rings. The number of nitrogens with zero attached hydrogens (tertiary/aromatic N) is 4. The van der Waals surface area contributed by atoms with Crippen molar-refractivity contribution >= 4 is 58.2 Å². The molecule has 2 aromatic heterocycles. The number of aromatic nitrogens is 2. The number of fused-ring (bicyclic) bond motifs is 7. The molecule has 25 heteroatoms. The number of imide groups is 1. The summed E-state index contributed by atoms with van der Waals surface area (Å²) in [4.78, 5) is 122. The summed E-state index contributed by atoms with van der Waals surface area (Å²) in [5.41, 5.74) is 2.25. The minimum Gasteiger partial charge on any atom is -0.458 e. The largest absolute Gasteiger partial charge is 0.458 e. The maximum Gasteiger partial charge on any atom is 0.343 e. The van der Waals surface area contributed by atoms with E-state index < -0.39 is 72.6 Å². The van der Waals surface area contributed by atoms with Gasteiger partial charge < -0.3 is 59.9 Å². The summed E-state index contributed by atoms with van der Waals surface area (Å²) >= 11 is 0. The Hall–Kier alpha value is -7.81. The molecule has 3 fully saturated rings. The number of pyridine rings is 2. The van der Waals surface area contributed by atoms with Gasteiger partial charge in [-0.05, 0) is 60.4 Å². The van der Waals surface area contributed by atoms with Gasteiger partial charge in [0.1, 0.15) is 25.2 Å². The second-order valence-corrected chi connectivity index (χ2v) is 20.8. The number of halogens is 1. The molecule has 1 aliphatic carbocycles. The first-order chi connectivity index (χ1) is 39.5. The lowest BCUT2D eigenvalue weighted by molar-refractivity contribution is -0.172. The Labute approximate surface area is 470 Å². The van der Waals surface area contributed by atoms with E-state index in [9.17, 15) is 48.3 Å². The molecule has 2 bridgehead atoms. The molecule has 10 rings (SSSR count). The Kier molecular flexibility index (Phi) is 18.9. The molecular formula is C57H66FN9O15. The zero-order valence-corrected chi connectivity index (χ0v) is 45.6. The molecule has 1 saturated carbocycles. The van der Waals surface area contributed by atoms with E-state index in [1.165, 1.54) is 18.2 Å². The predicted molar refractivity (Wildman–Crippen MR) is 288 cm³/mol. The zero-order valence-electron chi connectivity index (χ0n) is 45.6. The first kappa shape index (κ1) is 58.8. The molecule has 2 aromatic carbocycles. The van der Waals surface area contributed by atoms with Crippen molar-refractivity contribution in [3.8, 4) is 11.4 Å². The third kappa shape index (κ3) is 13.6. The fourth-order valence-electron chi connectivity index (χ4n) is 10.9. The maximum atomic E-state index is 15.1. The van der Waals surface area contributed by atoms with Gasteiger partial charge in [-0.3, -0.25) is 48.2 Å². The van der Waals surface area contributed by atoms with E-state index >= 15 is 4.39 Å². The van der Waals surface area contributed by atoms with Crippen LogP contribution in [-0.2, 0) is 93.8 Å².